The van der Waals surface area contributed by atoms with E-state index in [2.05, 4.69) is 18.3 Å². The summed E-state index contributed by atoms with van der Waals surface area (Å²) in [6.07, 6.45) is 4.87. The zero-order valence-corrected chi connectivity index (χ0v) is 13.8. The van der Waals surface area contributed by atoms with Crippen molar-refractivity contribution in [2.75, 3.05) is 17.6 Å². The van der Waals surface area contributed by atoms with E-state index in [0.717, 1.165) is 11.5 Å². The van der Waals surface area contributed by atoms with Crippen molar-refractivity contribution in [3.05, 3.63) is 10.4 Å². The van der Waals surface area contributed by atoms with Gasteiger partial charge in [-0.2, -0.15) is 5.26 Å². The lowest BCUT2D eigenvalue weighted by Gasteiger charge is -2.14. The van der Waals surface area contributed by atoms with Gasteiger partial charge in [0.25, 0.3) is 0 Å². The molecule has 5 heteroatoms. The number of thiophene rings is 1. The number of hydrogen-bond acceptors (Lipinski definition) is 5. The number of carbonyl (C=O) groups excluding carboxylic acids is 1. The molecular formula is C16H23N3OS. The maximum atomic E-state index is 12.2. The predicted octanol–water partition coefficient (Wildman–Crippen LogP) is 4.03. The third-order valence-electron chi connectivity index (χ3n) is 4.17. The molecule has 1 aliphatic carbocycles. The largest absolute Gasteiger partial charge is 0.396 e. The summed E-state index contributed by atoms with van der Waals surface area (Å²) in [7, 11) is 0. The van der Waals surface area contributed by atoms with Crippen LogP contribution < -0.4 is 11.1 Å². The molecular weight excluding hydrogens is 282 g/mol. The van der Waals surface area contributed by atoms with Crippen LogP contribution in [-0.4, -0.2) is 12.3 Å². The van der Waals surface area contributed by atoms with E-state index >= 15 is 0 Å². The maximum Gasteiger partial charge on any atom is 0.177 e. The van der Waals surface area contributed by atoms with Crippen LogP contribution in [0.25, 0.3) is 0 Å². The molecule has 1 saturated carbocycles. The Morgan fingerprint density at radius 3 is 2.67 bits per heavy atom. The lowest BCUT2D eigenvalue weighted by molar-refractivity contribution is 0.0944. The molecule has 1 aromatic heterocycles. The Bertz CT molecular complexity index is 579. The molecule has 114 valence electrons. The lowest BCUT2D eigenvalue weighted by Crippen LogP contribution is -2.15. The highest BCUT2D eigenvalue weighted by Gasteiger charge is 2.41. The van der Waals surface area contributed by atoms with E-state index in [9.17, 15) is 10.1 Å². The fourth-order valence-corrected chi connectivity index (χ4v) is 3.77. The normalized spacial score (nSPS) is 15.8. The molecule has 1 aliphatic rings. The van der Waals surface area contributed by atoms with Crippen LogP contribution in [0.5, 0.6) is 0 Å². The van der Waals surface area contributed by atoms with Gasteiger partial charge in [0, 0.05) is 12.5 Å². The summed E-state index contributed by atoms with van der Waals surface area (Å²) in [5, 5.41) is 13.4. The van der Waals surface area contributed by atoms with Crippen LogP contribution >= 0.6 is 11.3 Å². The number of nitriles is 1. The molecule has 0 spiro atoms. The second-order valence-electron chi connectivity index (χ2n) is 6.28. The van der Waals surface area contributed by atoms with E-state index in [4.69, 9.17) is 5.73 Å². The Morgan fingerprint density at radius 2 is 2.19 bits per heavy atom. The Kier molecular flexibility index (Phi) is 4.58. The van der Waals surface area contributed by atoms with Crippen molar-refractivity contribution in [2.24, 2.45) is 11.3 Å². The van der Waals surface area contributed by atoms with Gasteiger partial charge in [-0.15, -0.1) is 11.3 Å². The van der Waals surface area contributed by atoms with Gasteiger partial charge in [-0.3, -0.25) is 4.79 Å². The lowest BCUT2D eigenvalue weighted by atomic mass is 10.0. The Morgan fingerprint density at radius 1 is 1.52 bits per heavy atom. The van der Waals surface area contributed by atoms with Gasteiger partial charge < -0.3 is 11.1 Å². The number of nitrogens with two attached hydrogens (primary N) is 1. The first-order valence-electron chi connectivity index (χ1n) is 7.54. The van der Waals surface area contributed by atoms with E-state index < -0.39 is 0 Å². The van der Waals surface area contributed by atoms with Crippen molar-refractivity contribution in [3.63, 3.8) is 0 Å². The summed E-state index contributed by atoms with van der Waals surface area (Å²) in [6.45, 7) is 6.76. The number of nitrogens with one attached hydrogen (secondary N) is 1. The van der Waals surface area contributed by atoms with Crippen LogP contribution in [0.4, 0.5) is 10.7 Å². The molecule has 0 unspecified atom stereocenters. The molecule has 0 atom stereocenters. The van der Waals surface area contributed by atoms with Gasteiger partial charge in [0.15, 0.2) is 5.78 Å². The Labute approximate surface area is 130 Å². The number of Topliss-reactive ketones (excluding diaryl/α,β-unsaturated/α-hetero) is 1. The molecule has 1 heterocycles. The van der Waals surface area contributed by atoms with Gasteiger partial charge >= 0.3 is 0 Å². The van der Waals surface area contributed by atoms with Gasteiger partial charge in [-0.25, -0.2) is 0 Å². The molecule has 0 amide bonds. The summed E-state index contributed by atoms with van der Waals surface area (Å²) in [5.74, 6) is -0.100. The average molecular weight is 305 g/mol. The molecule has 3 N–H and O–H groups in total. The Hall–Kier alpha value is -1.54. The number of ketones is 1. The number of nitrogens with zero attached hydrogens (tertiary/aromatic N) is 1. The number of rotatable bonds is 7. The summed E-state index contributed by atoms with van der Waals surface area (Å²) in [4.78, 5) is 12.7. The van der Waals surface area contributed by atoms with Crippen molar-refractivity contribution in [1.82, 2.24) is 0 Å². The number of nitrogen functional groups attached to an aromatic ring is 1. The first kappa shape index (κ1) is 15.8. The third-order valence-corrected chi connectivity index (χ3v) is 5.34. The van der Waals surface area contributed by atoms with Crippen LogP contribution in [0, 0.1) is 22.7 Å². The SMILES string of the molecule is CCCC1(CNc2sc(C(=O)C(C)C)c(N)c2C#N)CC1. The topological polar surface area (TPSA) is 78.9 Å². The summed E-state index contributed by atoms with van der Waals surface area (Å²) < 4.78 is 0. The van der Waals surface area contributed by atoms with Gasteiger partial charge in [-0.1, -0.05) is 27.2 Å². The molecule has 1 aromatic rings. The minimum absolute atomic E-state index is 0.0109. The first-order valence-corrected chi connectivity index (χ1v) is 8.36. The van der Waals surface area contributed by atoms with E-state index in [1.54, 1.807) is 0 Å². The smallest absolute Gasteiger partial charge is 0.177 e. The van der Waals surface area contributed by atoms with Crippen LogP contribution in [0.1, 0.15) is 61.7 Å². The van der Waals surface area contributed by atoms with E-state index in [-0.39, 0.29) is 11.7 Å². The second kappa shape index (κ2) is 6.07. The van der Waals surface area contributed by atoms with Gasteiger partial charge in [-0.05, 0) is 24.7 Å². The van der Waals surface area contributed by atoms with Crippen molar-refractivity contribution >= 4 is 27.8 Å². The van der Waals surface area contributed by atoms with Crippen LogP contribution in [0.15, 0.2) is 0 Å². The second-order valence-corrected chi connectivity index (χ2v) is 7.30. The summed E-state index contributed by atoms with van der Waals surface area (Å²) >= 11 is 1.33. The standard InChI is InChI=1S/C16H23N3OS/c1-4-5-16(6-7-16)9-19-15-11(8-17)12(18)14(21-15)13(20)10(2)3/h10,19H,4-7,9,18H2,1-3H3. The number of carbonyl (C=O) groups is 1. The highest BCUT2D eigenvalue weighted by Crippen LogP contribution is 2.50. The van der Waals surface area contributed by atoms with Crippen LogP contribution in [0.3, 0.4) is 0 Å². The number of hydrogen-bond donors (Lipinski definition) is 2. The zero-order chi connectivity index (χ0) is 15.6. The van der Waals surface area contributed by atoms with E-state index in [0.29, 0.717) is 21.5 Å². The highest BCUT2D eigenvalue weighted by molar-refractivity contribution is 7.19. The highest BCUT2D eigenvalue weighted by atomic mass is 32.1. The van der Waals surface area contributed by atoms with Gasteiger partial charge in [0.05, 0.1) is 10.6 Å². The minimum Gasteiger partial charge on any atom is -0.396 e. The average Bonchev–Trinajstić information content (AvgIpc) is 3.13. The fourth-order valence-electron chi connectivity index (χ4n) is 2.61. The van der Waals surface area contributed by atoms with Crippen molar-refractivity contribution in [1.29, 1.82) is 5.26 Å². The van der Waals surface area contributed by atoms with E-state index in [1.165, 1.54) is 37.0 Å². The molecule has 21 heavy (non-hydrogen) atoms. The molecule has 0 aliphatic heterocycles. The summed E-state index contributed by atoms with van der Waals surface area (Å²) in [5.41, 5.74) is 7.15. The van der Waals surface area contributed by atoms with Gasteiger partial charge in [0.1, 0.15) is 16.6 Å². The molecule has 2 rings (SSSR count). The van der Waals surface area contributed by atoms with Crippen molar-refractivity contribution in [3.8, 4) is 6.07 Å². The minimum atomic E-state index is -0.111. The van der Waals surface area contributed by atoms with E-state index in [1.807, 2.05) is 13.8 Å². The fraction of sp³-hybridized carbons (Fsp3) is 0.625. The van der Waals surface area contributed by atoms with Crippen molar-refractivity contribution in [2.45, 2.75) is 46.5 Å². The predicted molar refractivity (Wildman–Crippen MR) is 87.7 cm³/mol. The molecule has 0 radical (unpaired) electrons. The monoisotopic (exact) mass is 305 g/mol. The van der Waals surface area contributed by atoms with Crippen molar-refractivity contribution < 1.29 is 4.79 Å². The third kappa shape index (κ3) is 3.21. The molecule has 1 fully saturated rings. The molecule has 0 bridgehead atoms. The molecule has 0 aromatic carbocycles. The quantitative estimate of drug-likeness (QED) is 0.745. The molecule has 4 nitrogen and oxygen atoms in total. The first-order chi connectivity index (χ1) is 9.94. The zero-order valence-electron chi connectivity index (χ0n) is 13.0. The van der Waals surface area contributed by atoms with Gasteiger partial charge in [0.2, 0.25) is 0 Å². The summed E-state index contributed by atoms with van der Waals surface area (Å²) in [6, 6.07) is 2.14. The van der Waals surface area contributed by atoms with Crippen LogP contribution in [0.2, 0.25) is 0 Å². The van der Waals surface area contributed by atoms with Crippen LogP contribution in [-0.2, 0) is 0 Å². The molecule has 0 saturated heterocycles. The maximum absolute atomic E-state index is 12.2. The Balaban J connectivity index is 2.18. The number of anilines is 2.